The van der Waals surface area contributed by atoms with Gasteiger partial charge in [0, 0.05) is 61.0 Å². The SMILES string of the molecule is O=C1CCC(N2Cc3cc(-c4nccc(CN5CCC6(CCCN6)CC5)c4F)ccc3C2=O)C(=O)N1. The van der Waals surface area contributed by atoms with E-state index in [2.05, 4.69) is 20.5 Å². The van der Waals surface area contributed by atoms with E-state index < -0.39 is 11.9 Å². The van der Waals surface area contributed by atoms with E-state index in [0.29, 0.717) is 29.7 Å². The Hall–Kier alpha value is -3.17. The second-order valence-corrected chi connectivity index (χ2v) is 10.5. The largest absolute Gasteiger partial charge is 0.322 e. The van der Waals surface area contributed by atoms with Crippen LogP contribution < -0.4 is 10.6 Å². The summed E-state index contributed by atoms with van der Waals surface area (Å²) in [5.41, 5.74) is 3.02. The van der Waals surface area contributed by atoms with Gasteiger partial charge in [-0.25, -0.2) is 4.39 Å². The van der Waals surface area contributed by atoms with E-state index in [1.54, 1.807) is 30.5 Å². The summed E-state index contributed by atoms with van der Waals surface area (Å²) >= 11 is 0. The first-order valence-corrected chi connectivity index (χ1v) is 12.8. The van der Waals surface area contributed by atoms with Gasteiger partial charge in [-0.2, -0.15) is 0 Å². The summed E-state index contributed by atoms with van der Waals surface area (Å²) in [4.78, 5) is 44.9. The fourth-order valence-corrected chi connectivity index (χ4v) is 6.20. The van der Waals surface area contributed by atoms with Crippen LogP contribution in [0.25, 0.3) is 11.3 Å². The predicted molar refractivity (Wildman–Crippen MR) is 130 cm³/mol. The van der Waals surface area contributed by atoms with Crippen molar-refractivity contribution >= 4 is 17.7 Å². The van der Waals surface area contributed by atoms with Crippen LogP contribution in [0.1, 0.15) is 60.0 Å². The number of piperidine rings is 2. The van der Waals surface area contributed by atoms with Crippen molar-refractivity contribution in [2.45, 2.75) is 63.2 Å². The van der Waals surface area contributed by atoms with Crippen LogP contribution in [0.5, 0.6) is 0 Å². The van der Waals surface area contributed by atoms with Crippen molar-refractivity contribution in [1.82, 2.24) is 25.4 Å². The number of pyridine rings is 1. The molecule has 1 aromatic heterocycles. The third kappa shape index (κ3) is 4.10. The Morgan fingerprint density at radius 1 is 1.11 bits per heavy atom. The van der Waals surface area contributed by atoms with E-state index >= 15 is 4.39 Å². The van der Waals surface area contributed by atoms with Gasteiger partial charge in [0.15, 0.2) is 5.82 Å². The number of carbonyl (C=O) groups is 3. The molecule has 2 N–H and O–H groups in total. The molecular weight excluding hydrogens is 461 g/mol. The van der Waals surface area contributed by atoms with Crippen LogP contribution in [0.3, 0.4) is 0 Å². The second-order valence-electron chi connectivity index (χ2n) is 10.5. The van der Waals surface area contributed by atoms with Crippen LogP contribution in [0, 0.1) is 5.82 Å². The lowest BCUT2D eigenvalue weighted by Crippen LogP contribution is -2.52. The zero-order chi connectivity index (χ0) is 24.9. The van der Waals surface area contributed by atoms with Gasteiger partial charge < -0.3 is 10.2 Å². The van der Waals surface area contributed by atoms with Crippen molar-refractivity contribution in [2.24, 2.45) is 0 Å². The van der Waals surface area contributed by atoms with Crippen molar-refractivity contribution in [3.8, 4) is 11.3 Å². The molecule has 36 heavy (non-hydrogen) atoms. The molecule has 5 heterocycles. The highest BCUT2D eigenvalue weighted by atomic mass is 19.1. The molecule has 2 aromatic rings. The molecule has 1 aromatic carbocycles. The third-order valence-corrected chi connectivity index (χ3v) is 8.31. The third-order valence-electron chi connectivity index (χ3n) is 8.31. The molecule has 9 heteroatoms. The maximum absolute atomic E-state index is 15.6. The summed E-state index contributed by atoms with van der Waals surface area (Å²) in [6.07, 6.45) is 6.81. The minimum atomic E-state index is -0.674. The summed E-state index contributed by atoms with van der Waals surface area (Å²) in [5.74, 6) is -1.33. The van der Waals surface area contributed by atoms with Gasteiger partial charge in [0.05, 0.1) is 0 Å². The monoisotopic (exact) mass is 491 g/mol. The van der Waals surface area contributed by atoms with Crippen molar-refractivity contribution in [2.75, 3.05) is 19.6 Å². The summed E-state index contributed by atoms with van der Waals surface area (Å²) in [7, 11) is 0. The minimum absolute atomic E-state index is 0.207. The highest BCUT2D eigenvalue weighted by Crippen LogP contribution is 2.34. The zero-order valence-corrected chi connectivity index (χ0v) is 20.2. The van der Waals surface area contributed by atoms with Crippen molar-refractivity contribution < 1.29 is 18.8 Å². The molecule has 6 rings (SSSR count). The van der Waals surface area contributed by atoms with Gasteiger partial charge in [-0.3, -0.25) is 29.6 Å². The van der Waals surface area contributed by atoms with Gasteiger partial charge in [0.2, 0.25) is 11.8 Å². The first-order chi connectivity index (χ1) is 17.4. The van der Waals surface area contributed by atoms with Gasteiger partial charge in [0.25, 0.3) is 5.91 Å². The smallest absolute Gasteiger partial charge is 0.255 e. The van der Waals surface area contributed by atoms with Gasteiger partial charge >= 0.3 is 0 Å². The van der Waals surface area contributed by atoms with E-state index in [0.717, 1.165) is 38.0 Å². The molecule has 3 saturated heterocycles. The quantitative estimate of drug-likeness (QED) is 0.638. The standard InChI is InChI=1S/C27H30FN5O3/c28-23-18(15-32-12-8-27(9-13-32)7-1-10-30-27)6-11-29-24(23)17-2-3-20-19(14-17)16-33(26(20)36)21-4-5-22(34)31-25(21)35/h2-3,6,11,14,21,30H,1,4-5,7-10,12-13,15-16H2,(H,31,34,35). The van der Waals surface area contributed by atoms with E-state index in [-0.39, 0.29) is 41.8 Å². The van der Waals surface area contributed by atoms with Crippen LogP contribution in [0.15, 0.2) is 30.5 Å². The number of nitrogens with one attached hydrogen (secondary N) is 2. The molecule has 1 atom stereocenters. The van der Waals surface area contributed by atoms with Crippen LogP contribution in [0.4, 0.5) is 4.39 Å². The van der Waals surface area contributed by atoms with Crippen LogP contribution in [0.2, 0.25) is 0 Å². The van der Waals surface area contributed by atoms with E-state index in [1.807, 2.05) is 0 Å². The normalized spacial score (nSPS) is 23.9. The summed E-state index contributed by atoms with van der Waals surface area (Å²) in [5, 5.41) is 5.99. The second kappa shape index (κ2) is 9.05. The first-order valence-electron chi connectivity index (χ1n) is 12.8. The Morgan fingerprint density at radius 3 is 2.69 bits per heavy atom. The highest BCUT2D eigenvalue weighted by molar-refractivity contribution is 6.05. The van der Waals surface area contributed by atoms with E-state index in [4.69, 9.17) is 0 Å². The Morgan fingerprint density at radius 2 is 1.94 bits per heavy atom. The van der Waals surface area contributed by atoms with Gasteiger partial charge in [-0.05, 0) is 62.4 Å². The van der Waals surface area contributed by atoms with Crippen molar-refractivity contribution in [3.05, 3.63) is 53.0 Å². The Bertz CT molecular complexity index is 1230. The number of amides is 3. The van der Waals surface area contributed by atoms with Crippen molar-refractivity contribution in [1.29, 1.82) is 0 Å². The molecule has 188 valence electrons. The first kappa shape index (κ1) is 23.2. The zero-order valence-electron chi connectivity index (χ0n) is 20.2. The number of imide groups is 1. The number of aromatic nitrogens is 1. The van der Waals surface area contributed by atoms with Crippen LogP contribution in [-0.2, 0) is 22.7 Å². The molecule has 0 bridgehead atoms. The summed E-state index contributed by atoms with van der Waals surface area (Å²) in [6, 6.07) is 6.28. The number of fused-ring (bicyclic) bond motifs is 1. The Balaban J connectivity index is 1.19. The van der Waals surface area contributed by atoms with Crippen molar-refractivity contribution in [3.63, 3.8) is 0 Å². The molecular formula is C27H30FN5O3. The minimum Gasteiger partial charge on any atom is -0.322 e. The maximum atomic E-state index is 15.6. The molecule has 4 aliphatic rings. The molecule has 0 radical (unpaired) electrons. The van der Waals surface area contributed by atoms with Gasteiger partial charge in [-0.15, -0.1) is 0 Å². The molecule has 0 aliphatic carbocycles. The number of likely N-dealkylation sites (tertiary alicyclic amines) is 1. The van der Waals surface area contributed by atoms with Crippen LogP contribution in [-0.4, -0.2) is 63.7 Å². The Labute approximate surface area is 209 Å². The number of rotatable bonds is 4. The molecule has 8 nitrogen and oxygen atoms in total. The fourth-order valence-electron chi connectivity index (χ4n) is 6.20. The number of benzene rings is 1. The lowest BCUT2D eigenvalue weighted by Gasteiger charge is -2.39. The molecule has 4 aliphatic heterocycles. The fraction of sp³-hybridized carbons (Fsp3) is 0.481. The molecule has 1 unspecified atom stereocenters. The lowest BCUT2D eigenvalue weighted by atomic mass is 9.86. The molecule has 1 spiro atoms. The Kier molecular flexibility index (Phi) is 5.84. The summed E-state index contributed by atoms with van der Waals surface area (Å²) in [6.45, 7) is 3.78. The highest BCUT2D eigenvalue weighted by Gasteiger charge is 2.39. The average Bonchev–Trinajstić information content (AvgIpc) is 3.46. The number of hydrogen-bond acceptors (Lipinski definition) is 6. The van der Waals surface area contributed by atoms with E-state index in [9.17, 15) is 14.4 Å². The maximum Gasteiger partial charge on any atom is 0.255 e. The molecule has 3 amide bonds. The number of halogens is 1. The number of carbonyl (C=O) groups excluding carboxylic acids is 3. The number of nitrogens with zero attached hydrogens (tertiary/aromatic N) is 3. The van der Waals surface area contributed by atoms with Gasteiger partial charge in [-0.1, -0.05) is 6.07 Å². The van der Waals surface area contributed by atoms with Gasteiger partial charge in [0.1, 0.15) is 11.7 Å². The predicted octanol–water partition coefficient (Wildman–Crippen LogP) is 2.37. The lowest BCUT2D eigenvalue weighted by molar-refractivity contribution is -0.136. The average molecular weight is 492 g/mol. The summed E-state index contributed by atoms with van der Waals surface area (Å²) < 4.78 is 15.6. The topological polar surface area (TPSA) is 94.6 Å². The molecule has 0 saturated carbocycles. The number of hydrogen-bond donors (Lipinski definition) is 2. The van der Waals surface area contributed by atoms with E-state index in [1.165, 1.54) is 17.7 Å². The van der Waals surface area contributed by atoms with Crippen LogP contribution >= 0.6 is 0 Å². The molecule has 3 fully saturated rings.